The average Bonchev–Trinajstić information content (AvgIpc) is 3.31. The fourth-order valence-electron chi connectivity index (χ4n) is 7.37. The first-order valence-corrected chi connectivity index (χ1v) is 18.8. The molecule has 0 N–H and O–H groups in total. The minimum atomic E-state index is -7.22. The number of carbonyl (C=O) groups is 1. The minimum absolute atomic E-state index is 0.168. The number of aromatic nitrogens is 1. The van der Waals surface area contributed by atoms with Gasteiger partial charge in [-0.1, -0.05) is 62.6 Å². The van der Waals surface area contributed by atoms with Crippen molar-refractivity contribution in [3.63, 3.8) is 0 Å². The molecule has 0 aliphatic heterocycles. The summed E-state index contributed by atoms with van der Waals surface area (Å²) in [5, 5.41) is 0. The molecule has 6 rings (SSSR count). The lowest BCUT2D eigenvalue weighted by atomic mass is 9.12. The molecule has 1 aromatic heterocycles. The summed E-state index contributed by atoms with van der Waals surface area (Å²) < 4.78 is 296. The molecule has 2 nitrogen and oxygen atoms in total. The van der Waals surface area contributed by atoms with Crippen molar-refractivity contribution in [2.45, 2.75) is 45.6 Å². The lowest BCUT2D eigenvalue weighted by Gasteiger charge is -2.44. The molecule has 0 bridgehead atoms. The standard InChI is InChI=1S/C24BF20.C19H24NO/c26-5-1(6(27)14(35)21(42)13(5)34)25(2-7(28)15(36)22(43)16(37)8(2)29,3-9(30)17(38)23(44)18(39)10(3)31)4-11(32)19(40)24(45)20(41)12(4)33;1-2-3-4-8-13-18-14-9-10-15-20(18)16-19(21)17-11-6-5-7-12-17/h;5-7,9-12,14-15H,2-4,8,13,16H2,1H3/q-1;+1. The van der Waals surface area contributed by atoms with Crippen LogP contribution in [-0.4, -0.2) is 11.9 Å². The second-order valence-electron chi connectivity index (χ2n) is 14.2. The Bertz CT molecular complexity index is 2480. The van der Waals surface area contributed by atoms with E-state index in [-0.39, 0.29) is 5.78 Å². The van der Waals surface area contributed by atoms with Crippen molar-refractivity contribution in [1.29, 1.82) is 0 Å². The van der Waals surface area contributed by atoms with Gasteiger partial charge in [0.2, 0.25) is 12.3 Å². The maximum absolute atomic E-state index is 15.4. The summed E-state index contributed by atoms with van der Waals surface area (Å²) in [7, 11) is 0. The molecule has 0 spiro atoms. The highest BCUT2D eigenvalue weighted by Crippen LogP contribution is 2.31. The molecule has 0 aliphatic rings. The van der Waals surface area contributed by atoms with Gasteiger partial charge in [-0.15, -0.1) is 21.9 Å². The Balaban J connectivity index is 0.000000324. The Hall–Kier alpha value is -6.42. The van der Waals surface area contributed by atoms with Gasteiger partial charge in [-0.2, -0.15) is 4.57 Å². The summed E-state index contributed by atoms with van der Waals surface area (Å²) in [6, 6.07) is 15.7. The van der Waals surface area contributed by atoms with E-state index < -0.39 is 144 Å². The molecule has 0 atom stereocenters. The van der Waals surface area contributed by atoms with Crippen LogP contribution in [0.5, 0.6) is 0 Å². The molecule has 1 heterocycles. The molecule has 0 radical (unpaired) electrons. The zero-order chi connectivity index (χ0) is 49.3. The van der Waals surface area contributed by atoms with Crippen LogP contribution < -0.4 is 26.4 Å². The van der Waals surface area contributed by atoms with Crippen molar-refractivity contribution in [3.05, 3.63) is 182 Å². The third-order valence-corrected chi connectivity index (χ3v) is 10.4. The molecular formula is C43H24BF20NO. The van der Waals surface area contributed by atoms with Crippen molar-refractivity contribution < 1.29 is 97.2 Å². The molecule has 350 valence electrons. The van der Waals surface area contributed by atoms with Crippen LogP contribution >= 0.6 is 0 Å². The average molecular weight is 961 g/mol. The highest BCUT2D eigenvalue weighted by atomic mass is 19.2. The number of halogens is 20. The molecular weight excluding hydrogens is 937 g/mol. The van der Waals surface area contributed by atoms with Gasteiger partial charge in [0, 0.05) is 24.1 Å². The van der Waals surface area contributed by atoms with Crippen LogP contribution in [0.15, 0.2) is 54.7 Å². The van der Waals surface area contributed by atoms with E-state index in [1.165, 1.54) is 31.4 Å². The smallest absolute Gasteiger partial charge is 0.227 e. The number of carbonyl (C=O) groups excluding carboxylic acids is 1. The molecule has 0 amide bonds. The normalized spacial score (nSPS) is 11.5. The van der Waals surface area contributed by atoms with Gasteiger partial charge < -0.3 is 0 Å². The van der Waals surface area contributed by atoms with E-state index in [2.05, 4.69) is 23.6 Å². The molecule has 0 aliphatic carbocycles. The number of hydrogen-bond acceptors (Lipinski definition) is 1. The summed E-state index contributed by atoms with van der Waals surface area (Å²) in [5.74, 6) is -71.2. The Morgan fingerprint density at radius 1 is 0.394 bits per heavy atom. The van der Waals surface area contributed by atoms with Gasteiger partial charge in [-0.25, -0.2) is 87.8 Å². The number of hydrogen-bond donors (Lipinski definition) is 0. The van der Waals surface area contributed by atoms with E-state index in [1.54, 1.807) is 0 Å². The van der Waals surface area contributed by atoms with E-state index in [1.807, 2.05) is 42.6 Å². The predicted octanol–water partition coefficient (Wildman–Crippen LogP) is 9.83. The van der Waals surface area contributed by atoms with Crippen molar-refractivity contribution in [1.82, 2.24) is 0 Å². The zero-order valence-corrected chi connectivity index (χ0v) is 32.9. The summed E-state index contributed by atoms with van der Waals surface area (Å²) in [4.78, 5) is 12.3. The van der Waals surface area contributed by atoms with Crippen LogP contribution in [0.1, 0.15) is 48.7 Å². The first-order valence-electron chi connectivity index (χ1n) is 18.8. The number of benzene rings is 5. The van der Waals surface area contributed by atoms with Crippen molar-refractivity contribution in [3.8, 4) is 0 Å². The molecule has 0 saturated heterocycles. The molecule has 0 saturated carbocycles. The van der Waals surface area contributed by atoms with Crippen LogP contribution in [0, 0.1) is 116 Å². The number of unbranched alkanes of at least 4 members (excludes halogenated alkanes) is 3. The van der Waals surface area contributed by atoms with E-state index in [9.17, 15) is 57.5 Å². The minimum Gasteiger partial charge on any atom is -0.287 e. The number of rotatable bonds is 12. The van der Waals surface area contributed by atoms with Gasteiger partial charge in [0.05, 0.1) is 0 Å². The van der Waals surface area contributed by atoms with Crippen LogP contribution in [0.3, 0.4) is 0 Å². The lowest BCUT2D eigenvalue weighted by Crippen LogP contribution is -2.81. The monoisotopic (exact) mass is 961 g/mol. The summed E-state index contributed by atoms with van der Waals surface area (Å²) in [6.45, 7) is 2.65. The van der Waals surface area contributed by atoms with Crippen molar-refractivity contribution >= 4 is 33.8 Å². The first-order chi connectivity index (χ1) is 31.0. The second-order valence-corrected chi connectivity index (χ2v) is 14.2. The Morgan fingerprint density at radius 3 is 1.02 bits per heavy atom. The molecule has 0 fully saturated rings. The van der Waals surface area contributed by atoms with Crippen LogP contribution in [-0.2, 0) is 13.0 Å². The molecule has 0 unspecified atom stereocenters. The van der Waals surface area contributed by atoms with Crippen LogP contribution in [0.25, 0.3) is 0 Å². The maximum atomic E-state index is 15.4. The molecule has 66 heavy (non-hydrogen) atoms. The summed E-state index contributed by atoms with van der Waals surface area (Å²) >= 11 is 0. The van der Waals surface area contributed by atoms with Crippen LogP contribution in [0.4, 0.5) is 87.8 Å². The Labute approximate surface area is 358 Å². The third-order valence-electron chi connectivity index (χ3n) is 10.4. The number of pyridine rings is 1. The molecule has 5 aromatic carbocycles. The predicted molar refractivity (Wildman–Crippen MR) is 194 cm³/mol. The summed E-state index contributed by atoms with van der Waals surface area (Å²) in [6.07, 6.45) is 0.830. The molecule has 6 aromatic rings. The highest BCUT2D eigenvalue weighted by Gasteiger charge is 2.52. The SMILES string of the molecule is CCCCCCc1cccc[n+]1CC(=O)c1ccccc1.Fc1c(F)c(F)c([B-](c2c(F)c(F)c(F)c(F)c2F)(c2c(F)c(F)c(F)c(F)c2F)c2c(F)c(F)c(F)c(F)c2F)c(F)c1F. The quantitative estimate of drug-likeness (QED) is 0.0228. The van der Waals surface area contributed by atoms with Gasteiger partial charge in [0.1, 0.15) is 52.7 Å². The van der Waals surface area contributed by atoms with Crippen molar-refractivity contribution in [2.75, 3.05) is 0 Å². The maximum Gasteiger partial charge on any atom is 0.227 e. The number of nitrogens with zero attached hydrogens (tertiary/aromatic N) is 1. The number of aryl methyl sites for hydroxylation is 1. The van der Waals surface area contributed by atoms with Crippen LogP contribution in [0.2, 0.25) is 0 Å². The van der Waals surface area contributed by atoms with E-state index >= 15 is 35.1 Å². The largest absolute Gasteiger partial charge is 0.287 e. The molecule has 23 heteroatoms. The van der Waals surface area contributed by atoms with Gasteiger partial charge in [0.15, 0.2) is 81.7 Å². The van der Waals surface area contributed by atoms with E-state index in [0.29, 0.717) is 6.54 Å². The van der Waals surface area contributed by atoms with Gasteiger partial charge in [0.25, 0.3) is 0 Å². The summed E-state index contributed by atoms with van der Waals surface area (Å²) in [5.41, 5.74) is -12.3. The van der Waals surface area contributed by atoms with Gasteiger partial charge >= 0.3 is 0 Å². The van der Waals surface area contributed by atoms with Gasteiger partial charge in [-0.05, 0) is 6.42 Å². The third kappa shape index (κ3) is 8.58. The number of Topliss-reactive ketones (excluding diaryl/α,β-unsaturated/α-hetero) is 1. The first kappa shape index (κ1) is 50.6. The topological polar surface area (TPSA) is 20.9 Å². The Kier molecular flexibility index (Phi) is 15.3. The number of ketones is 1. The Morgan fingerprint density at radius 2 is 0.697 bits per heavy atom. The fraction of sp³-hybridized carbons (Fsp3) is 0.163. The lowest BCUT2D eigenvalue weighted by molar-refractivity contribution is -0.690. The van der Waals surface area contributed by atoms with E-state index in [4.69, 9.17) is 0 Å². The highest BCUT2D eigenvalue weighted by molar-refractivity contribution is 7.20. The second kappa shape index (κ2) is 20.0. The fourth-order valence-corrected chi connectivity index (χ4v) is 7.37. The van der Waals surface area contributed by atoms with Gasteiger partial charge in [-0.3, -0.25) is 4.79 Å². The zero-order valence-electron chi connectivity index (χ0n) is 32.9. The van der Waals surface area contributed by atoms with Crippen molar-refractivity contribution in [2.24, 2.45) is 0 Å². The van der Waals surface area contributed by atoms with E-state index in [0.717, 1.165) is 12.0 Å².